The van der Waals surface area contributed by atoms with E-state index in [4.69, 9.17) is 4.74 Å². The van der Waals surface area contributed by atoms with Gasteiger partial charge in [-0.1, -0.05) is 54.6 Å². The van der Waals surface area contributed by atoms with Gasteiger partial charge in [0, 0.05) is 24.8 Å². The van der Waals surface area contributed by atoms with Crippen molar-refractivity contribution in [3.8, 4) is 5.75 Å². The zero-order chi connectivity index (χ0) is 22.2. The predicted molar refractivity (Wildman–Crippen MR) is 126 cm³/mol. The molecule has 2 heterocycles. The monoisotopic (exact) mass is 429 g/mol. The molecular weight excluding hydrogens is 398 g/mol. The highest BCUT2D eigenvalue weighted by molar-refractivity contribution is 5.79. The van der Waals surface area contributed by atoms with Gasteiger partial charge in [-0.15, -0.1) is 0 Å². The van der Waals surface area contributed by atoms with Crippen LogP contribution in [0.25, 0.3) is 0 Å². The van der Waals surface area contributed by atoms with E-state index in [1.807, 2.05) is 60.7 Å². The van der Waals surface area contributed by atoms with Gasteiger partial charge in [-0.05, 0) is 49.1 Å². The Morgan fingerprint density at radius 1 is 1.09 bits per heavy atom. The number of nitrogens with zero attached hydrogens (tertiary/aromatic N) is 2. The van der Waals surface area contributed by atoms with E-state index in [0.29, 0.717) is 12.3 Å². The summed E-state index contributed by atoms with van der Waals surface area (Å²) in [5.74, 6) is 1.26. The molecule has 0 spiro atoms. The maximum Gasteiger partial charge on any atom is 0.224 e. The summed E-state index contributed by atoms with van der Waals surface area (Å²) in [6.45, 7) is 2.79. The number of benzene rings is 2. The summed E-state index contributed by atoms with van der Waals surface area (Å²) < 4.78 is 5.55. The molecule has 1 amide bonds. The SMILES string of the molecule is COc1ccccc1CN1CCC[C@@H]([C@@H](NC(=O)Cc2ccccc2)c2ccccn2)C1. The molecule has 4 rings (SSSR count). The fourth-order valence-electron chi connectivity index (χ4n) is 4.58. The third-order valence-corrected chi connectivity index (χ3v) is 6.13. The van der Waals surface area contributed by atoms with Gasteiger partial charge >= 0.3 is 0 Å². The van der Waals surface area contributed by atoms with Crippen molar-refractivity contribution < 1.29 is 9.53 Å². The molecule has 1 aliphatic rings. The number of hydrogen-bond donors (Lipinski definition) is 1. The molecule has 0 bridgehead atoms. The van der Waals surface area contributed by atoms with Gasteiger partial charge in [0.2, 0.25) is 5.91 Å². The summed E-state index contributed by atoms with van der Waals surface area (Å²) in [7, 11) is 1.72. The number of ether oxygens (including phenoxy) is 1. The molecule has 1 N–H and O–H groups in total. The Hall–Kier alpha value is -3.18. The zero-order valence-electron chi connectivity index (χ0n) is 18.6. The van der Waals surface area contributed by atoms with E-state index in [-0.39, 0.29) is 11.9 Å². The number of rotatable bonds is 8. The smallest absolute Gasteiger partial charge is 0.224 e. The molecule has 0 saturated carbocycles. The fourth-order valence-corrected chi connectivity index (χ4v) is 4.58. The molecule has 2 aromatic carbocycles. The number of amides is 1. The number of methoxy groups -OCH3 is 1. The normalized spacial score (nSPS) is 17.5. The number of carbonyl (C=O) groups is 1. The van der Waals surface area contributed by atoms with Crippen LogP contribution in [0.5, 0.6) is 5.75 Å². The largest absolute Gasteiger partial charge is 0.496 e. The van der Waals surface area contributed by atoms with Crippen molar-refractivity contribution in [2.75, 3.05) is 20.2 Å². The number of nitrogens with one attached hydrogen (secondary N) is 1. The number of piperidine rings is 1. The summed E-state index contributed by atoms with van der Waals surface area (Å²) in [6.07, 6.45) is 4.34. The van der Waals surface area contributed by atoms with Crippen LogP contribution in [0.4, 0.5) is 0 Å². The summed E-state index contributed by atoms with van der Waals surface area (Å²) in [5.41, 5.74) is 3.14. The lowest BCUT2D eigenvalue weighted by atomic mass is 9.88. The van der Waals surface area contributed by atoms with Crippen molar-refractivity contribution in [1.29, 1.82) is 0 Å². The molecule has 32 heavy (non-hydrogen) atoms. The first-order chi connectivity index (χ1) is 15.7. The molecule has 166 valence electrons. The quantitative estimate of drug-likeness (QED) is 0.577. The number of pyridine rings is 1. The number of carbonyl (C=O) groups excluding carboxylic acids is 1. The molecule has 1 aromatic heterocycles. The number of likely N-dealkylation sites (tertiary alicyclic amines) is 1. The molecular formula is C27H31N3O2. The zero-order valence-corrected chi connectivity index (χ0v) is 18.6. The predicted octanol–water partition coefficient (Wildman–Crippen LogP) is 4.40. The van der Waals surface area contributed by atoms with Crippen LogP contribution in [0.2, 0.25) is 0 Å². The Balaban J connectivity index is 1.48. The minimum Gasteiger partial charge on any atom is -0.496 e. The molecule has 5 heteroatoms. The summed E-state index contributed by atoms with van der Waals surface area (Å²) in [4.78, 5) is 20.0. The van der Waals surface area contributed by atoms with Crippen molar-refractivity contribution in [2.24, 2.45) is 5.92 Å². The lowest BCUT2D eigenvalue weighted by molar-refractivity contribution is -0.121. The van der Waals surface area contributed by atoms with E-state index < -0.39 is 0 Å². The standard InChI is InChI=1S/C27H31N3O2/c1-32-25-15-6-5-12-22(25)19-30-17-9-13-23(20-30)27(24-14-7-8-16-28-24)29-26(31)18-21-10-3-2-4-11-21/h2-8,10-12,14-16,23,27H,9,13,17-20H2,1H3,(H,29,31)/t23-,27-/m1/s1. The number of hydrogen-bond acceptors (Lipinski definition) is 4. The van der Waals surface area contributed by atoms with Crippen LogP contribution in [0.15, 0.2) is 79.0 Å². The van der Waals surface area contributed by atoms with E-state index in [0.717, 1.165) is 49.5 Å². The topological polar surface area (TPSA) is 54.5 Å². The maximum absolute atomic E-state index is 12.9. The molecule has 3 aromatic rings. The van der Waals surface area contributed by atoms with Crippen LogP contribution >= 0.6 is 0 Å². The van der Waals surface area contributed by atoms with Crippen molar-refractivity contribution >= 4 is 5.91 Å². The van der Waals surface area contributed by atoms with Gasteiger partial charge in [0.1, 0.15) is 5.75 Å². The number of para-hydroxylation sites is 1. The second kappa shape index (κ2) is 10.9. The third kappa shape index (κ3) is 5.74. The van der Waals surface area contributed by atoms with Crippen LogP contribution in [-0.4, -0.2) is 36.0 Å². The van der Waals surface area contributed by atoms with Crippen LogP contribution < -0.4 is 10.1 Å². The Morgan fingerprint density at radius 2 is 1.88 bits per heavy atom. The van der Waals surface area contributed by atoms with Crippen LogP contribution in [0, 0.1) is 5.92 Å². The van der Waals surface area contributed by atoms with E-state index in [9.17, 15) is 4.79 Å². The highest BCUT2D eigenvalue weighted by Crippen LogP contribution is 2.31. The molecule has 0 aliphatic carbocycles. The third-order valence-electron chi connectivity index (χ3n) is 6.13. The molecule has 0 unspecified atom stereocenters. The van der Waals surface area contributed by atoms with Gasteiger partial charge in [0.15, 0.2) is 0 Å². The lowest BCUT2D eigenvalue weighted by Gasteiger charge is -2.37. The average molecular weight is 430 g/mol. The first-order valence-electron chi connectivity index (χ1n) is 11.3. The summed E-state index contributed by atoms with van der Waals surface area (Å²) >= 11 is 0. The summed E-state index contributed by atoms with van der Waals surface area (Å²) in [6, 6.07) is 23.9. The fraction of sp³-hybridized carbons (Fsp3) is 0.333. The van der Waals surface area contributed by atoms with Gasteiger partial charge in [-0.3, -0.25) is 14.7 Å². The van der Waals surface area contributed by atoms with Gasteiger partial charge < -0.3 is 10.1 Å². The molecule has 0 radical (unpaired) electrons. The van der Waals surface area contributed by atoms with Crippen LogP contribution in [-0.2, 0) is 17.8 Å². The number of aromatic nitrogens is 1. The molecule has 1 aliphatic heterocycles. The molecule has 5 nitrogen and oxygen atoms in total. The van der Waals surface area contributed by atoms with Crippen molar-refractivity contribution in [3.63, 3.8) is 0 Å². The Labute approximate surface area is 190 Å². The van der Waals surface area contributed by atoms with Gasteiger partial charge in [-0.25, -0.2) is 0 Å². The van der Waals surface area contributed by atoms with E-state index in [2.05, 4.69) is 27.3 Å². The molecule has 1 fully saturated rings. The first kappa shape index (κ1) is 22.0. The lowest BCUT2D eigenvalue weighted by Crippen LogP contribution is -2.43. The van der Waals surface area contributed by atoms with Gasteiger partial charge in [0.05, 0.1) is 25.3 Å². The van der Waals surface area contributed by atoms with Crippen LogP contribution in [0.1, 0.15) is 35.7 Å². The second-order valence-electron chi connectivity index (χ2n) is 8.41. The van der Waals surface area contributed by atoms with Gasteiger partial charge in [-0.2, -0.15) is 0 Å². The Morgan fingerprint density at radius 3 is 2.66 bits per heavy atom. The highest BCUT2D eigenvalue weighted by atomic mass is 16.5. The minimum atomic E-state index is -0.104. The maximum atomic E-state index is 12.9. The molecule has 1 saturated heterocycles. The van der Waals surface area contributed by atoms with Crippen molar-refractivity contribution in [2.45, 2.75) is 31.8 Å². The minimum absolute atomic E-state index is 0.0358. The Kier molecular flexibility index (Phi) is 7.51. The van der Waals surface area contributed by atoms with E-state index in [1.54, 1.807) is 13.3 Å². The van der Waals surface area contributed by atoms with Crippen molar-refractivity contribution in [3.05, 3.63) is 95.8 Å². The average Bonchev–Trinajstić information content (AvgIpc) is 2.84. The second-order valence-corrected chi connectivity index (χ2v) is 8.41. The Bertz CT molecular complexity index is 994. The van der Waals surface area contributed by atoms with Gasteiger partial charge in [0.25, 0.3) is 0 Å². The molecule has 2 atom stereocenters. The van der Waals surface area contributed by atoms with E-state index >= 15 is 0 Å². The summed E-state index contributed by atoms with van der Waals surface area (Å²) in [5, 5.41) is 3.31. The van der Waals surface area contributed by atoms with Crippen LogP contribution in [0.3, 0.4) is 0 Å². The van der Waals surface area contributed by atoms with E-state index in [1.165, 1.54) is 5.56 Å². The first-order valence-corrected chi connectivity index (χ1v) is 11.3. The highest BCUT2D eigenvalue weighted by Gasteiger charge is 2.30. The van der Waals surface area contributed by atoms with Crippen molar-refractivity contribution in [1.82, 2.24) is 15.2 Å².